The van der Waals surface area contributed by atoms with Gasteiger partial charge in [-0.15, -0.1) is 0 Å². The van der Waals surface area contributed by atoms with Crippen molar-refractivity contribution in [1.29, 1.82) is 0 Å². The fourth-order valence-corrected chi connectivity index (χ4v) is 2.28. The predicted molar refractivity (Wildman–Crippen MR) is 95.1 cm³/mol. The molecule has 4 N–H and O–H groups in total. The smallest absolute Gasteiger partial charge is 0.137 e. The van der Waals surface area contributed by atoms with E-state index in [1.807, 2.05) is 44.2 Å². The van der Waals surface area contributed by atoms with Crippen LogP contribution in [0.3, 0.4) is 0 Å². The van der Waals surface area contributed by atoms with Crippen molar-refractivity contribution in [2.75, 3.05) is 19.7 Å². The molecule has 7 heteroatoms. The molecule has 0 saturated heterocycles. The summed E-state index contributed by atoms with van der Waals surface area (Å²) in [6.07, 6.45) is 9.07. The normalized spacial score (nSPS) is 14.7. The quantitative estimate of drug-likeness (QED) is 0.747. The van der Waals surface area contributed by atoms with E-state index in [0.29, 0.717) is 13.2 Å². The zero-order chi connectivity index (χ0) is 17.4. The number of hydrazine groups is 1. The van der Waals surface area contributed by atoms with Crippen molar-refractivity contribution < 1.29 is 4.74 Å². The SMILES string of the molecule is CC.Cc1cncc(OCC(N)CN2C=C(c3ncc[nH]3)CN2)c1. The summed E-state index contributed by atoms with van der Waals surface area (Å²) in [6, 6.07) is 1.84. The van der Waals surface area contributed by atoms with Gasteiger partial charge in [-0.05, 0) is 18.6 Å². The first-order valence-corrected chi connectivity index (χ1v) is 8.21. The van der Waals surface area contributed by atoms with Crippen LogP contribution in [0, 0.1) is 6.92 Å². The van der Waals surface area contributed by atoms with Gasteiger partial charge in [-0.25, -0.2) is 10.4 Å². The van der Waals surface area contributed by atoms with E-state index in [-0.39, 0.29) is 6.04 Å². The van der Waals surface area contributed by atoms with Crippen LogP contribution in [0.5, 0.6) is 5.75 Å². The zero-order valence-corrected chi connectivity index (χ0v) is 14.5. The summed E-state index contributed by atoms with van der Waals surface area (Å²) in [7, 11) is 0. The van der Waals surface area contributed by atoms with Gasteiger partial charge in [0.1, 0.15) is 18.2 Å². The zero-order valence-electron chi connectivity index (χ0n) is 14.5. The fraction of sp³-hybridized carbons (Fsp3) is 0.412. The van der Waals surface area contributed by atoms with E-state index >= 15 is 0 Å². The Kier molecular flexibility index (Phi) is 6.77. The second-order valence-electron chi connectivity index (χ2n) is 5.35. The molecule has 2 aromatic rings. The van der Waals surface area contributed by atoms with Gasteiger partial charge in [0.25, 0.3) is 0 Å². The average molecular weight is 330 g/mol. The highest BCUT2D eigenvalue weighted by Gasteiger charge is 2.17. The lowest BCUT2D eigenvalue weighted by atomic mass is 10.3. The molecule has 0 aliphatic carbocycles. The number of aromatic nitrogens is 3. The molecule has 2 aromatic heterocycles. The van der Waals surface area contributed by atoms with Crippen LogP contribution in [-0.2, 0) is 0 Å². The molecule has 0 radical (unpaired) electrons. The standard InChI is InChI=1S/C15H20N6O.C2H6/c1-11-4-14(7-17-5-11)22-10-13(16)9-21-8-12(6-20-21)15-18-2-3-19-15;1-2/h2-5,7-8,13,20H,6,9-10,16H2,1H3,(H,18,19);1-2H3. The maximum absolute atomic E-state index is 6.12. The summed E-state index contributed by atoms with van der Waals surface area (Å²) in [4.78, 5) is 11.4. The Balaban J connectivity index is 0.00000100. The number of hydrogen-bond donors (Lipinski definition) is 3. The number of nitrogens with one attached hydrogen (secondary N) is 2. The highest BCUT2D eigenvalue weighted by atomic mass is 16.5. The predicted octanol–water partition coefficient (Wildman–Crippen LogP) is 1.71. The molecule has 0 fully saturated rings. The van der Waals surface area contributed by atoms with Crippen LogP contribution in [0.25, 0.3) is 5.57 Å². The number of aryl methyl sites for hydroxylation is 1. The van der Waals surface area contributed by atoms with Crippen LogP contribution >= 0.6 is 0 Å². The molecular formula is C17H26N6O. The van der Waals surface area contributed by atoms with Gasteiger partial charge in [0, 0.05) is 36.9 Å². The van der Waals surface area contributed by atoms with Crippen LogP contribution in [-0.4, -0.2) is 45.7 Å². The van der Waals surface area contributed by atoms with Crippen LogP contribution in [0.15, 0.2) is 37.1 Å². The van der Waals surface area contributed by atoms with Crippen molar-refractivity contribution in [3.63, 3.8) is 0 Å². The maximum atomic E-state index is 6.12. The van der Waals surface area contributed by atoms with Crippen molar-refractivity contribution in [3.8, 4) is 5.75 Å². The van der Waals surface area contributed by atoms with Crippen molar-refractivity contribution in [1.82, 2.24) is 25.4 Å². The molecule has 24 heavy (non-hydrogen) atoms. The van der Waals surface area contributed by atoms with Crippen LogP contribution in [0.1, 0.15) is 25.2 Å². The Bertz CT molecular complexity index is 640. The average Bonchev–Trinajstić information content (AvgIpc) is 3.26. The number of aromatic amines is 1. The molecule has 3 rings (SSSR count). The molecular weight excluding hydrogens is 304 g/mol. The largest absolute Gasteiger partial charge is 0.490 e. The van der Waals surface area contributed by atoms with Crippen molar-refractivity contribution >= 4 is 5.57 Å². The van der Waals surface area contributed by atoms with E-state index in [4.69, 9.17) is 10.5 Å². The third kappa shape index (κ3) is 5.07. The molecule has 1 aliphatic heterocycles. The van der Waals surface area contributed by atoms with Gasteiger partial charge < -0.3 is 20.5 Å². The highest BCUT2D eigenvalue weighted by molar-refractivity contribution is 5.62. The Morgan fingerprint density at radius 2 is 2.21 bits per heavy atom. The Hall–Kier alpha value is -2.38. The van der Waals surface area contributed by atoms with E-state index in [1.165, 1.54) is 0 Å². The van der Waals surface area contributed by atoms with Gasteiger partial charge in [-0.1, -0.05) is 13.8 Å². The lowest BCUT2D eigenvalue weighted by Crippen LogP contribution is -2.42. The Labute approximate surface area is 142 Å². The number of pyridine rings is 1. The summed E-state index contributed by atoms with van der Waals surface area (Å²) in [5.74, 6) is 1.63. The number of nitrogens with two attached hydrogens (primary N) is 1. The number of H-pyrrole nitrogens is 1. The second kappa shape index (κ2) is 9.05. The minimum atomic E-state index is -0.111. The summed E-state index contributed by atoms with van der Waals surface area (Å²) in [6.45, 7) is 7.81. The maximum Gasteiger partial charge on any atom is 0.137 e. The molecule has 1 unspecified atom stereocenters. The molecule has 0 amide bonds. The molecule has 3 heterocycles. The number of rotatable bonds is 6. The molecule has 130 valence electrons. The van der Waals surface area contributed by atoms with Gasteiger partial charge in [-0.2, -0.15) is 0 Å². The van der Waals surface area contributed by atoms with Crippen LogP contribution < -0.4 is 15.9 Å². The second-order valence-corrected chi connectivity index (χ2v) is 5.35. The Morgan fingerprint density at radius 1 is 1.38 bits per heavy atom. The molecule has 1 aliphatic rings. The first-order chi connectivity index (χ1) is 11.7. The number of hydrogen-bond acceptors (Lipinski definition) is 6. The van der Waals surface area contributed by atoms with E-state index in [1.54, 1.807) is 18.6 Å². The van der Waals surface area contributed by atoms with E-state index in [0.717, 1.165) is 29.3 Å². The first kappa shape index (κ1) is 18.0. The highest BCUT2D eigenvalue weighted by Crippen LogP contribution is 2.14. The van der Waals surface area contributed by atoms with Crippen molar-refractivity contribution in [3.05, 3.63) is 48.4 Å². The van der Waals surface area contributed by atoms with Gasteiger partial charge >= 0.3 is 0 Å². The molecule has 0 bridgehead atoms. The molecule has 0 saturated carbocycles. The molecule has 7 nitrogen and oxygen atoms in total. The Morgan fingerprint density at radius 3 is 2.92 bits per heavy atom. The topological polar surface area (TPSA) is 92.1 Å². The van der Waals surface area contributed by atoms with E-state index < -0.39 is 0 Å². The van der Waals surface area contributed by atoms with Gasteiger partial charge in [0.15, 0.2) is 0 Å². The van der Waals surface area contributed by atoms with Crippen molar-refractivity contribution in [2.24, 2.45) is 5.73 Å². The number of nitrogens with zero attached hydrogens (tertiary/aromatic N) is 3. The minimum absolute atomic E-state index is 0.111. The third-order valence-electron chi connectivity index (χ3n) is 3.33. The summed E-state index contributed by atoms with van der Waals surface area (Å²) in [5.41, 5.74) is 11.6. The van der Waals surface area contributed by atoms with Gasteiger partial charge in [0.05, 0.1) is 18.8 Å². The third-order valence-corrected chi connectivity index (χ3v) is 3.33. The first-order valence-electron chi connectivity index (χ1n) is 8.21. The lowest BCUT2D eigenvalue weighted by molar-refractivity contribution is 0.226. The van der Waals surface area contributed by atoms with E-state index in [2.05, 4.69) is 20.4 Å². The van der Waals surface area contributed by atoms with Crippen molar-refractivity contribution in [2.45, 2.75) is 26.8 Å². The number of ether oxygens (including phenoxy) is 1. The van der Waals surface area contributed by atoms with Gasteiger partial charge in [-0.3, -0.25) is 4.98 Å². The minimum Gasteiger partial charge on any atom is -0.490 e. The lowest BCUT2D eigenvalue weighted by Gasteiger charge is -2.20. The monoisotopic (exact) mass is 330 g/mol. The summed E-state index contributed by atoms with van der Waals surface area (Å²) >= 11 is 0. The molecule has 1 atom stereocenters. The number of imidazole rings is 1. The van der Waals surface area contributed by atoms with Crippen LogP contribution in [0.2, 0.25) is 0 Å². The molecule has 0 spiro atoms. The van der Waals surface area contributed by atoms with E-state index in [9.17, 15) is 0 Å². The summed E-state index contributed by atoms with van der Waals surface area (Å²) < 4.78 is 5.68. The summed E-state index contributed by atoms with van der Waals surface area (Å²) in [5, 5.41) is 1.97. The molecule has 0 aromatic carbocycles. The van der Waals surface area contributed by atoms with Crippen LogP contribution in [0.4, 0.5) is 0 Å². The van der Waals surface area contributed by atoms with Gasteiger partial charge in [0.2, 0.25) is 0 Å². The fourth-order valence-electron chi connectivity index (χ4n) is 2.28.